The minimum Gasteiger partial charge on any atom is -0.380 e. The van der Waals surface area contributed by atoms with Gasteiger partial charge in [0.25, 0.3) is 0 Å². The van der Waals surface area contributed by atoms with Gasteiger partial charge in [0.1, 0.15) is 0 Å². The van der Waals surface area contributed by atoms with Crippen molar-refractivity contribution >= 4 is 17.4 Å². The fraction of sp³-hybridized carbons (Fsp3) is 0.600. The maximum atomic E-state index is 3.75. The number of hydrogen-bond donors (Lipinski definition) is 1. The van der Waals surface area contributed by atoms with Crippen molar-refractivity contribution in [2.75, 3.05) is 11.1 Å². The molecule has 94 valence electrons. The minimum atomic E-state index is 0.206. The van der Waals surface area contributed by atoms with Gasteiger partial charge in [-0.2, -0.15) is 0 Å². The van der Waals surface area contributed by atoms with Gasteiger partial charge >= 0.3 is 0 Å². The molecule has 0 fully saturated rings. The molecule has 0 radical (unpaired) electrons. The van der Waals surface area contributed by atoms with Crippen LogP contribution in [0.15, 0.2) is 23.1 Å². The number of thioether (sulfide) groups is 1. The third-order valence-corrected chi connectivity index (χ3v) is 4.56. The van der Waals surface area contributed by atoms with Gasteiger partial charge in [-0.15, -0.1) is 11.8 Å². The maximum Gasteiger partial charge on any atom is 0.0518 e. The minimum absolute atomic E-state index is 0.206. The first-order valence-corrected chi connectivity index (χ1v) is 7.41. The molecule has 1 heterocycles. The van der Waals surface area contributed by atoms with Crippen molar-refractivity contribution in [3.63, 3.8) is 0 Å². The first-order chi connectivity index (χ1) is 7.89. The SMILES string of the molecule is CC(C)C1CSc2cccc(C(C)(C)C)c2N1. The number of hydrogen-bond acceptors (Lipinski definition) is 2. The van der Waals surface area contributed by atoms with Crippen molar-refractivity contribution in [1.82, 2.24) is 0 Å². The van der Waals surface area contributed by atoms with Crippen LogP contribution in [0.5, 0.6) is 0 Å². The van der Waals surface area contributed by atoms with Crippen LogP contribution in [0.25, 0.3) is 0 Å². The van der Waals surface area contributed by atoms with E-state index in [-0.39, 0.29) is 5.41 Å². The van der Waals surface area contributed by atoms with Gasteiger partial charge in [0.15, 0.2) is 0 Å². The van der Waals surface area contributed by atoms with Gasteiger partial charge in [0.05, 0.1) is 5.69 Å². The average molecular weight is 249 g/mol. The normalized spacial score (nSPS) is 20.0. The van der Waals surface area contributed by atoms with E-state index in [1.165, 1.54) is 21.9 Å². The molecular formula is C15H23NS. The zero-order chi connectivity index (χ0) is 12.6. The molecule has 2 heteroatoms. The lowest BCUT2D eigenvalue weighted by atomic mass is 9.85. The summed E-state index contributed by atoms with van der Waals surface area (Å²) in [5, 5.41) is 3.75. The van der Waals surface area contributed by atoms with E-state index in [0.717, 1.165) is 0 Å². The molecule has 2 rings (SSSR count). The maximum absolute atomic E-state index is 3.75. The van der Waals surface area contributed by atoms with Gasteiger partial charge in [-0.1, -0.05) is 46.8 Å². The highest BCUT2D eigenvalue weighted by Gasteiger charge is 2.26. The van der Waals surface area contributed by atoms with E-state index in [4.69, 9.17) is 0 Å². The summed E-state index contributed by atoms with van der Waals surface area (Å²) in [5.74, 6) is 1.86. The van der Waals surface area contributed by atoms with Gasteiger partial charge in [-0.3, -0.25) is 0 Å². The van der Waals surface area contributed by atoms with Crippen LogP contribution in [0.4, 0.5) is 5.69 Å². The zero-order valence-electron chi connectivity index (χ0n) is 11.5. The van der Waals surface area contributed by atoms with E-state index in [0.29, 0.717) is 12.0 Å². The summed E-state index contributed by atoms with van der Waals surface area (Å²) in [5.41, 5.74) is 3.01. The van der Waals surface area contributed by atoms with Gasteiger partial charge in [0.2, 0.25) is 0 Å². The van der Waals surface area contributed by atoms with E-state index >= 15 is 0 Å². The second-order valence-corrected chi connectivity index (χ2v) is 7.30. The third-order valence-electron chi connectivity index (χ3n) is 3.39. The van der Waals surface area contributed by atoms with Crippen LogP contribution in [-0.2, 0) is 5.41 Å². The summed E-state index contributed by atoms with van der Waals surface area (Å²) >= 11 is 1.99. The largest absolute Gasteiger partial charge is 0.380 e. The number of rotatable bonds is 1. The summed E-state index contributed by atoms with van der Waals surface area (Å²) in [6.45, 7) is 11.4. The van der Waals surface area contributed by atoms with Crippen LogP contribution >= 0.6 is 11.8 Å². The first-order valence-electron chi connectivity index (χ1n) is 6.42. The molecule has 1 aromatic rings. The third kappa shape index (κ3) is 2.62. The van der Waals surface area contributed by atoms with Crippen LogP contribution in [0.3, 0.4) is 0 Å². The summed E-state index contributed by atoms with van der Waals surface area (Å²) in [6.07, 6.45) is 0. The van der Waals surface area contributed by atoms with E-state index in [1.54, 1.807) is 0 Å². The Hall–Kier alpha value is -0.630. The van der Waals surface area contributed by atoms with Gasteiger partial charge in [-0.05, 0) is 23.0 Å². The fourth-order valence-corrected chi connectivity index (χ4v) is 3.51. The summed E-state index contributed by atoms with van der Waals surface area (Å²) in [7, 11) is 0. The predicted octanol–water partition coefficient (Wildman–Crippen LogP) is 4.53. The number of anilines is 1. The van der Waals surface area contributed by atoms with Crippen LogP contribution in [-0.4, -0.2) is 11.8 Å². The fourth-order valence-electron chi connectivity index (χ4n) is 2.19. The lowest BCUT2D eigenvalue weighted by Crippen LogP contribution is -2.32. The number of para-hydroxylation sites is 1. The van der Waals surface area contributed by atoms with Crippen LogP contribution in [0.2, 0.25) is 0 Å². The summed E-state index contributed by atoms with van der Waals surface area (Å²) in [6, 6.07) is 7.27. The first kappa shape index (κ1) is 12.8. The lowest BCUT2D eigenvalue weighted by molar-refractivity contribution is 0.552. The Morgan fingerprint density at radius 3 is 2.59 bits per heavy atom. The molecular weight excluding hydrogens is 226 g/mol. The average Bonchev–Trinajstić information content (AvgIpc) is 2.26. The second-order valence-electron chi connectivity index (χ2n) is 6.23. The summed E-state index contributed by atoms with van der Waals surface area (Å²) in [4.78, 5) is 1.41. The number of fused-ring (bicyclic) bond motifs is 1. The second kappa shape index (κ2) is 4.56. The van der Waals surface area contributed by atoms with Crippen molar-refractivity contribution in [2.24, 2.45) is 5.92 Å². The molecule has 0 aliphatic carbocycles. The number of benzene rings is 1. The van der Waals surface area contributed by atoms with Gasteiger partial charge in [0, 0.05) is 16.7 Å². The zero-order valence-corrected chi connectivity index (χ0v) is 12.3. The van der Waals surface area contributed by atoms with E-state index in [9.17, 15) is 0 Å². The van der Waals surface area contributed by atoms with Crippen LogP contribution in [0, 0.1) is 5.92 Å². The quantitative estimate of drug-likeness (QED) is 0.785. The van der Waals surface area contributed by atoms with Crippen molar-refractivity contribution in [3.05, 3.63) is 23.8 Å². The molecule has 0 aromatic heterocycles. The molecule has 17 heavy (non-hydrogen) atoms. The highest BCUT2D eigenvalue weighted by molar-refractivity contribution is 7.99. The Morgan fingerprint density at radius 1 is 1.29 bits per heavy atom. The molecule has 1 aliphatic heterocycles. The molecule has 1 aromatic carbocycles. The number of nitrogens with one attached hydrogen (secondary N) is 1. The van der Waals surface area contributed by atoms with Crippen molar-refractivity contribution in [3.8, 4) is 0 Å². The van der Waals surface area contributed by atoms with E-state index in [2.05, 4.69) is 58.1 Å². The Morgan fingerprint density at radius 2 is 2.00 bits per heavy atom. The van der Waals surface area contributed by atoms with E-state index in [1.807, 2.05) is 11.8 Å². The van der Waals surface area contributed by atoms with Crippen LogP contribution < -0.4 is 5.32 Å². The van der Waals surface area contributed by atoms with E-state index < -0.39 is 0 Å². The molecule has 0 spiro atoms. The van der Waals surface area contributed by atoms with Crippen molar-refractivity contribution < 1.29 is 0 Å². The smallest absolute Gasteiger partial charge is 0.0518 e. The summed E-state index contributed by atoms with van der Waals surface area (Å²) < 4.78 is 0. The molecule has 0 amide bonds. The van der Waals surface area contributed by atoms with Crippen LogP contribution in [0.1, 0.15) is 40.2 Å². The van der Waals surface area contributed by atoms with Crippen molar-refractivity contribution in [2.45, 2.75) is 51.0 Å². The predicted molar refractivity (Wildman–Crippen MR) is 78.1 cm³/mol. The Labute approximate surface area is 109 Å². The molecule has 0 bridgehead atoms. The molecule has 1 atom stereocenters. The Balaban J connectivity index is 2.40. The van der Waals surface area contributed by atoms with Gasteiger partial charge in [-0.25, -0.2) is 0 Å². The molecule has 1 unspecified atom stereocenters. The monoisotopic (exact) mass is 249 g/mol. The lowest BCUT2D eigenvalue weighted by Gasteiger charge is -2.34. The molecule has 1 nitrogen and oxygen atoms in total. The topological polar surface area (TPSA) is 12.0 Å². The molecule has 0 saturated carbocycles. The standard InChI is InChI=1S/C15H23NS/c1-10(2)12-9-17-13-8-6-7-11(14(13)16-12)15(3,4)5/h6-8,10,12,16H,9H2,1-5H3. The Kier molecular flexibility index (Phi) is 3.44. The highest BCUT2D eigenvalue weighted by atomic mass is 32.2. The van der Waals surface area contributed by atoms with Gasteiger partial charge < -0.3 is 5.32 Å². The molecule has 1 N–H and O–H groups in total. The highest BCUT2D eigenvalue weighted by Crippen LogP contribution is 2.41. The Bertz CT molecular complexity index is 404. The molecule has 0 saturated heterocycles. The van der Waals surface area contributed by atoms with Crippen molar-refractivity contribution in [1.29, 1.82) is 0 Å². The molecule has 1 aliphatic rings.